The summed E-state index contributed by atoms with van der Waals surface area (Å²) in [7, 11) is 0. The molecule has 3 aromatic rings. The second kappa shape index (κ2) is 16.8. The van der Waals surface area contributed by atoms with E-state index in [9.17, 15) is 4.39 Å². The van der Waals surface area contributed by atoms with E-state index in [1.165, 1.54) is 51.4 Å². The number of ether oxygens (including phenoxy) is 2. The van der Waals surface area contributed by atoms with Gasteiger partial charge in [-0.05, 0) is 54.3 Å². The molecule has 206 valence electrons. The van der Waals surface area contributed by atoms with E-state index in [4.69, 9.17) is 9.47 Å². The second-order valence-corrected chi connectivity index (χ2v) is 10.2. The lowest BCUT2D eigenvalue weighted by Gasteiger charge is -2.15. The minimum atomic E-state index is -0.962. The molecular weight excluding hydrogens is 475 g/mol. The fraction of sp³-hybridized carbons (Fsp3) is 0.515. The van der Waals surface area contributed by atoms with Crippen molar-refractivity contribution in [2.75, 3.05) is 13.2 Å². The minimum Gasteiger partial charge on any atom is -0.494 e. The number of nitrogens with zero attached hydrogens (tertiary/aromatic N) is 2. The summed E-state index contributed by atoms with van der Waals surface area (Å²) in [5.41, 5.74) is 2.90. The molecule has 1 aromatic heterocycles. The Morgan fingerprint density at radius 1 is 0.658 bits per heavy atom. The van der Waals surface area contributed by atoms with E-state index in [1.807, 2.05) is 74.8 Å². The van der Waals surface area contributed by atoms with Gasteiger partial charge in [0.1, 0.15) is 24.3 Å². The van der Waals surface area contributed by atoms with Crippen molar-refractivity contribution in [3.8, 4) is 34.0 Å². The van der Waals surface area contributed by atoms with Gasteiger partial charge in [-0.15, -0.1) is 0 Å². The van der Waals surface area contributed by atoms with E-state index in [0.717, 1.165) is 41.9 Å². The van der Waals surface area contributed by atoms with Crippen molar-refractivity contribution >= 4 is 0 Å². The molecule has 0 saturated carbocycles. The number of halogens is 1. The summed E-state index contributed by atoms with van der Waals surface area (Å²) in [6.07, 6.45) is 15.3. The molecule has 4 nitrogen and oxygen atoms in total. The van der Waals surface area contributed by atoms with Crippen LogP contribution in [0.5, 0.6) is 11.5 Å². The van der Waals surface area contributed by atoms with Gasteiger partial charge in [-0.2, -0.15) is 0 Å². The molecule has 0 N–H and O–H groups in total. The van der Waals surface area contributed by atoms with Crippen LogP contribution < -0.4 is 9.47 Å². The highest BCUT2D eigenvalue weighted by atomic mass is 19.1. The largest absolute Gasteiger partial charge is 0.494 e. The van der Waals surface area contributed by atoms with Gasteiger partial charge in [0.15, 0.2) is 5.82 Å². The zero-order valence-corrected chi connectivity index (χ0v) is 23.5. The Morgan fingerprint density at radius 3 is 1.76 bits per heavy atom. The number of benzene rings is 2. The van der Waals surface area contributed by atoms with Crippen molar-refractivity contribution in [2.45, 2.75) is 91.2 Å². The zero-order valence-electron chi connectivity index (χ0n) is 23.5. The molecule has 2 unspecified atom stereocenters. The maximum atomic E-state index is 14.0. The van der Waals surface area contributed by atoms with Crippen molar-refractivity contribution in [1.82, 2.24) is 9.97 Å². The van der Waals surface area contributed by atoms with Gasteiger partial charge in [-0.25, -0.2) is 14.4 Å². The number of rotatable bonds is 18. The van der Waals surface area contributed by atoms with E-state index < -0.39 is 6.17 Å². The summed E-state index contributed by atoms with van der Waals surface area (Å²) in [6.45, 7) is 6.99. The highest BCUT2D eigenvalue weighted by Crippen LogP contribution is 2.25. The third-order valence-corrected chi connectivity index (χ3v) is 7.14. The summed E-state index contributed by atoms with van der Waals surface area (Å²) in [5.74, 6) is 2.19. The Labute approximate surface area is 229 Å². The minimum absolute atomic E-state index is 0.00513. The maximum absolute atomic E-state index is 14.0. The van der Waals surface area contributed by atoms with Gasteiger partial charge >= 0.3 is 0 Å². The van der Waals surface area contributed by atoms with Crippen molar-refractivity contribution in [3.63, 3.8) is 0 Å². The molecular formula is C33H45FN2O2. The molecule has 2 atom stereocenters. The van der Waals surface area contributed by atoms with Crippen molar-refractivity contribution in [2.24, 2.45) is 5.92 Å². The van der Waals surface area contributed by atoms with Gasteiger partial charge in [0.05, 0.1) is 6.61 Å². The third-order valence-electron chi connectivity index (χ3n) is 7.14. The summed E-state index contributed by atoms with van der Waals surface area (Å²) >= 11 is 0. The van der Waals surface area contributed by atoms with Crippen LogP contribution in [0.3, 0.4) is 0 Å². The molecule has 0 fully saturated rings. The van der Waals surface area contributed by atoms with Crippen LogP contribution in [-0.4, -0.2) is 29.4 Å². The van der Waals surface area contributed by atoms with Gasteiger partial charge in [0.2, 0.25) is 0 Å². The molecule has 0 aliphatic heterocycles. The number of unbranched alkanes of at least 4 members (excludes halogenated alkanes) is 8. The molecule has 0 aliphatic carbocycles. The van der Waals surface area contributed by atoms with Crippen LogP contribution in [0.25, 0.3) is 22.5 Å². The van der Waals surface area contributed by atoms with Crippen LogP contribution in [0.1, 0.15) is 85.0 Å². The highest BCUT2D eigenvalue weighted by Gasteiger charge is 2.15. The number of aromatic nitrogens is 2. The Morgan fingerprint density at radius 2 is 1.18 bits per heavy atom. The van der Waals surface area contributed by atoms with Crippen LogP contribution in [0.15, 0.2) is 60.9 Å². The first-order chi connectivity index (χ1) is 18.6. The van der Waals surface area contributed by atoms with Crippen molar-refractivity contribution in [1.29, 1.82) is 0 Å². The lowest BCUT2D eigenvalue weighted by Crippen LogP contribution is -2.20. The molecule has 0 amide bonds. The SMILES string of the molecule is CCCCCCCCCCCOc1ccc(-c2cnc(-c3ccc(OCC(F)C(C)CC)cc3)nc2)cc1. The fourth-order valence-corrected chi connectivity index (χ4v) is 4.27. The molecule has 0 bridgehead atoms. The van der Waals surface area contributed by atoms with E-state index in [1.54, 1.807) is 0 Å². The average Bonchev–Trinajstić information content (AvgIpc) is 2.97. The summed E-state index contributed by atoms with van der Waals surface area (Å²) in [6, 6.07) is 15.6. The molecule has 38 heavy (non-hydrogen) atoms. The average molecular weight is 521 g/mol. The van der Waals surface area contributed by atoms with Gasteiger partial charge in [0, 0.05) is 23.5 Å². The van der Waals surface area contributed by atoms with E-state index in [-0.39, 0.29) is 12.5 Å². The number of hydrogen-bond acceptors (Lipinski definition) is 4. The van der Waals surface area contributed by atoms with Gasteiger partial charge in [-0.3, -0.25) is 0 Å². The first kappa shape index (κ1) is 29.6. The topological polar surface area (TPSA) is 44.2 Å². The standard InChI is InChI=1S/C33H45FN2O2/c1-4-6-7-8-9-10-11-12-13-22-37-30-18-14-27(15-19-30)29-23-35-33(36-24-29)28-16-20-31(21-17-28)38-25-32(34)26(3)5-2/h14-21,23-24,26,32H,4-13,22,25H2,1-3H3. The molecule has 3 rings (SSSR count). The summed E-state index contributed by atoms with van der Waals surface area (Å²) in [5, 5.41) is 0. The van der Waals surface area contributed by atoms with Gasteiger partial charge < -0.3 is 9.47 Å². The number of hydrogen-bond donors (Lipinski definition) is 0. The quantitative estimate of drug-likeness (QED) is 0.157. The Bertz CT molecular complexity index is 1020. The Balaban J connectivity index is 1.40. The van der Waals surface area contributed by atoms with Crippen LogP contribution >= 0.6 is 0 Å². The molecule has 0 spiro atoms. The first-order valence-corrected chi connectivity index (χ1v) is 14.5. The predicted molar refractivity (Wildman–Crippen MR) is 155 cm³/mol. The lowest BCUT2D eigenvalue weighted by molar-refractivity contribution is 0.145. The Hall–Kier alpha value is -2.95. The molecule has 0 radical (unpaired) electrons. The van der Waals surface area contributed by atoms with Crippen molar-refractivity contribution < 1.29 is 13.9 Å². The Kier molecular flexibility index (Phi) is 13.1. The monoisotopic (exact) mass is 520 g/mol. The van der Waals surface area contributed by atoms with Gasteiger partial charge in [-0.1, -0.05) is 90.7 Å². The molecule has 0 aliphatic rings. The second-order valence-electron chi connectivity index (χ2n) is 10.2. The van der Waals surface area contributed by atoms with E-state index in [0.29, 0.717) is 11.6 Å². The summed E-state index contributed by atoms with van der Waals surface area (Å²) in [4.78, 5) is 9.10. The maximum Gasteiger partial charge on any atom is 0.159 e. The normalized spacial score (nSPS) is 12.7. The lowest BCUT2D eigenvalue weighted by atomic mass is 10.0. The van der Waals surface area contributed by atoms with Crippen LogP contribution in [0.4, 0.5) is 4.39 Å². The summed E-state index contributed by atoms with van der Waals surface area (Å²) < 4.78 is 25.6. The van der Waals surface area contributed by atoms with Gasteiger partial charge in [0.25, 0.3) is 0 Å². The van der Waals surface area contributed by atoms with Crippen LogP contribution in [0, 0.1) is 5.92 Å². The molecule has 0 saturated heterocycles. The van der Waals surface area contributed by atoms with Crippen molar-refractivity contribution in [3.05, 3.63) is 60.9 Å². The molecule has 2 aromatic carbocycles. The molecule has 5 heteroatoms. The smallest absolute Gasteiger partial charge is 0.159 e. The predicted octanol–water partition coefficient (Wildman–Crippen LogP) is 9.48. The van der Waals surface area contributed by atoms with Crippen LogP contribution in [-0.2, 0) is 0 Å². The van der Waals surface area contributed by atoms with E-state index in [2.05, 4.69) is 16.9 Å². The van der Waals surface area contributed by atoms with E-state index >= 15 is 0 Å². The third kappa shape index (κ3) is 10.1. The highest BCUT2D eigenvalue weighted by molar-refractivity contribution is 5.64. The number of alkyl halides is 1. The molecule has 1 heterocycles. The zero-order chi connectivity index (χ0) is 27.0. The van der Waals surface area contributed by atoms with Crippen LogP contribution in [0.2, 0.25) is 0 Å². The fourth-order valence-electron chi connectivity index (χ4n) is 4.27. The first-order valence-electron chi connectivity index (χ1n) is 14.5.